The maximum atomic E-state index is 13.9. The van der Waals surface area contributed by atoms with E-state index in [1.165, 1.54) is 26.4 Å². The summed E-state index contributed by atoms with van der Waals surface area (Å²) in [5.74, 6) is -0.408. The van der Waals surface area contributed by atoms with E-state index in [4.69, 9.17) is 13.9 Å². The summed E-state index contributed by atoms with van der Waals surface area (Å²) in [5.41, 5.74) is 4.42. The van der Waals surface area contributed by atoms with E-state index in [9.17, 15) is 14.7 Å². The Kier molecular flexibility index (Phi) is 11.3. The molecule has 1 N–H and O–H groups in total. The van der Waals surface area contributed by atoms with Crippen molar-refractivity contribution in [2.75, 3.05) is 26.9 Å². The highest BCUT2D eigenvalue weighted by Gasteiger charge is 2.57. The van der Waals surface area contributed by atoms with Crippen LogP contribution in [0.25, 0.3) is 6.08 Å². The molecule has 2 fully saturated rings. The van der Waals surface area contributed by atoms with Crippen molar-refractivity contribution in [3.63, 3.8) is 0 Å². The minimum absolute atomic E-state index is 0.0440. The van der Waals surface area contributed by atoms with E-state index in [2.05, 4.69) is 105 Å². The lowest BCUT2D eigenvalue weighted by atomic mass is 9.69. The number of aromatic hydroxyl groups is 1. The van der Waals surface area contributed by atoms with Crippen LogP contribution >= 0.6 is 22.6 Å². The predicted octanol–water partition coefficient (Wildman–Crippen LogP) is 7.49. The number of hydrogen-bond acceptors (Lipinski definition) is 6. The van der Waals surface area contributed by atoms with Crippen molar-refractivity contribution in [1.82, 2.24) is 4.90 Å². The van der Waals surface area contributed by atoms with Crippen LogP contribution in [0.4, 0.5) is 0 Å². The number of methoxy groups -OCH3 is 1. The fraction of sp³-hybridized carbons (Fsp3) is 0.429. The lowest BCUT2D eigenvalue weighted by Crippen LogP contribution is -2.66. The van der Waals surface area contributed by atoms with Gasteiger partial charge in [-0.3, -0.25) is 14.5 Å². The van der Waals surface area contributed by atoms with Gasteiger partial charge in [0, 0.05) is 12.5 Å². The summed E-state index contributed by atoms with van der Waals surface area (Å²) in [6.07, 6.45) is 4.74. The molecule has 2 amide bonds. The van der Waals surface area contributed by atoms with E-state index in [-0.39, 0.29) is 46.5 Å². The zero-order chi connectivity index (χ0) is 36.5. The Bertz CT molecular complexity index is 1780. The van der Waals surface area contributed by atoms with Gasteiger partial charge < -0.3 is 19.0 Å². The van der Waals surface area contributed by atoms with Crippen molar-refractivity contribution in [2.45, 2.75) is 71.4 Å². The third kappa shape index (κ3) is 7.11. The molecule has 9 heteroatoms. The molecule has 3 aliphatic rings. The Hall–Kier alpha value is -3.25. The van der Waals surface area contributed by atoms with Crippen molar-refractivity contribution >= 4 is 59.2 Å². The molecule has 0 unspecified atom stereocenters. The van der Waals surface area contributed by atoms with Crippen LogP contribution in [0.2, 0.25) is 5.04 Å². The second-order valence-electron chi connectivity index (χ2n) is 15.2. The fourth-order valence-electron chi connectivity index (χ4n) is 8.62. The average molecular weight is 820 g/mol. The molecule has 6 rings (SSSR count). The van der Waals surface area contributed by atoms with Gasteiger partial charge in [0.1, 0.15) is 0 Å². The van der Waals surface area contributed by atoms with Crippen LogP contribution in [0.5, 0.6) is 11.5 Å². The van der Waals surface area contributed by atoms with E-state index in [1.807, 2.05) is 31.2 Å². The summed E-state index contributed by atoms with van der Waals surface area (Å²) in [5, 5.41) is 12.5. The van der Waals surface area contributed by atoms with Crippen molar-refractivity contribution in [1.29, 1.82) is 0 Å². The van der Waals surface area contributed by atoms with E-state index >= 15 is 0 Å². The molecule has 2 saturated heterocycles. The van der Waals surface area contributed by atoms with Gasteiger partial charge in [-0.25, -0.2) is 0 Å². The number of imide groups is 1. The van der Waals surface area contributed by atoms with Crippen LogP contribution in [0.15, 0.2) is 89.5 Å². The largest absolute Gasteiger partial charge is 0.504 e. The molecule has 3 aromatic carbocycles. The fourth-order valence-corrected chi connectivity index (χ4v) is 13.8. The monoisotopic (exact) mass is 819 g/mol. The molecule has 0 radical (unpaired) electrons. The first-order chi connectivity index (χ1) is 24.4. The Balaban J connectivity index is 1.36. The van der Waals surface area contributed by atoms with Gasteiger partial charge in [0.15, 0.2) is 11.5 Å². The smallest absolute Gasteiger partial charge is 0.261 e. The highest BCUT2D eigenvalue weighted by atomic mass is 127. The summed E-state index contributed by atoms with van der Waals surface area (Å²) in [4.78, 5) is 29.2. The first kappa shape index (κ1) is 37.5. The molecular weight excluding hydrogens is 769 g/mol. The number of nitrogens with zero attached hydrogens (tertiary/aromatic N) is 1. The number of rotatable bonds is 12. The van der Waals surface area contributed by atoms with Crippen LogP contribution in [-0.2, 0) is 18.8 Å². The van der Waals surface area contributed by atoms with Gasteiger partial charge in [-0.1, -0.05) is 100 Å². The highest BCUT2D eigenvalue weighted by Crippen LogP contribution is 2.50. The quantitative estimate of drug-likeness (QED) is 0.0883. The number of carbonyl (C=O) groups excluding carboxylic acids is 2. The normalized spacial score (nSPS) is 22.4. The number of hydrogen-bond donors (Lipinski definition) is 1. The number of fused-ring (bicyclic) bond motifs is 3. The number of allylic oxidation sites excluding steroid dienone is 1. The summed E-state index contributed by atoms with van der Waals surface area (Å²) in [7, 11) is -1.30. The third-order valence-electron chi connectivity index (χ3n) is 10.9. The van der Waals surface area contributed by atoms with Crippen molar-refractivity contribution in [3.05, 3.63) is 98.6 Å². The lowest BCUT2D eigenvalue weighted by Gasteiger charge is -2.44. The maximum Gasteiger partial charge on any atom is 0.261 e. The standard InChI is InChI=1S/C42H50INO6Si/c1-7-20-44-40(46)32-24-29(25-50-51(42(3,4)5,30-14-10-8-11-15-30)31-16-12-9-13-17-31)37-33(38(32)41(44)47)26-49-35(37)19-18-27(2)21-28-22-34(43)39(45)36(23-28)48-6/h8-17,21-23,32-33,35,38,45H,7,18-20,24-26H2,1-6H3/b27-21+/t32-,33+,35-,38-/m1/s1. The van der Waals surface area contributed by atoms with Gasteiger partial charge in [0.2, 0.25) is 11.8 Å². The maximum absolute atomic E-state index is 13.9. The molecule has 0 aromatic heterocycles. The summed E-state index contributed by atoms with van der Waals surface area (Å²) >= 11 is 2.12. The Morgan fingerprint density at radius 1 is 1.02 bits per heavy atom. The minimum Gasteiger partial charge on any atom is -0.504 e. The molecule has 0 spiro atoms. The number of halogens is 1. The number of benzene rings is 3. The number of carbonyl (C=O) groups is 2. The van der Waals surface area contributed by atoms with Crippen molar-refractivity contribution in [2.24, 2.45) is 17.8 Å². The third-order valence-corrected chi connectivity index (χ3v) is 16.7. The average Bonchev–Trinajstić information content (AvgIpc) is 3.64. The number of likely N-dealkylation sites (tertiary alicyclic amines) is 1. The topological polar surface area (TPSA) is 85.3 Å². The van der Waals surface area contributed by atoms with Crippen LogP contribution in [0.1, 0.15) is 65.9 Å². The zero-order valence-corrected chi connectivity index (χ0v) is 33.7. The lowest BCUT2D eigenvalue weighted by molar-refractivity contribution is -0.140. The molecule has 0 bridgehead atoms. The summed E-state index contributed by atoms with van der Waals surface area (Å²) < 4.78 is 20.2. The van der Waals surface area contributed by atoms with Crippen LogP contribution in [0.3, 0.4) is 0 Å². The number of amides is 2. The van der Waals surface area contributed by atoms with E-state index in [0.717, 1.165) is 34.0 Å². The van der Waals surface area contributed by atoms with E-state index in [0.29, 0.717) is 31.9 Å². The second kappa shape index (κ2) is 15.4. The van der Waals surface area contributed by atoms with Crippen LogP contribution < -0.4 is 15.1 Å². The summed E-state index contributed by atoms with van der Waals surface area (Å²) in [6.45, 7) is 12.2. The molecule has 51 heavy (non-hydrogen) atoms. The molecule has 2 heterocycles. The number of ether oxygens (including phenoxy) is 2. The van der Waals surface area contributed by atoms with Gasteiger partial charge in [0.05, 0.1) is 41.8 Å². The van der Waals surface area contributed by atoms with Gasteiger partial charge in [-0.15, -0.1) is 0 Å². The zero-order valence-electron chi connectivity index (χ0n) is 30.6. The van der Waals surface area contributed by atoms with Crippen molar-refractivity contribution in [3.8, 4) is 11.5 Å². The predicted molar refractivity (Wildman–Crippen MR) is 213 cm³/mol. The highest BCUT2D eigenvalue weighted by molar-refractivity contribution is 14.1. The molecule has 270 valence electrons. The molecule has 1 aliphatic carbocycles. The van der Waals surface area contributed by atoms with Crippen LogP contribution in [0, 0.1) is 21.3 Å². The first-order valence-electron chi connectivity index (χ1n) is 18.1. The van der Waals surface area contributed by atoms with Gasteiger partial charge in [-0.05, 0) is 99.5 Å². The second-order valence-corrected chi connectivity index (χ2v) is 20.7. The van der Waals surface area contributed by atoms with Gasteiger partial charge >= 0.3 is 0 Å². The Morgan fingerprint density at radius 3 is 2.25 bits per heavy atom. The Morgan fingerprint density at radius 2 is 1.67 bits per heavy atom. The number of phenolic OH excluding ortho intramolecular Hbond substituents is 1. The molecule has 3 aromatic rings. The van der Waals surface area contributed by atoms with Gasteiger partial charge in [0.25, 0.3) is 8.32 Å². The van der Waals surface area contributed by atoms with Gasteiger partial charge in [-0.2, -0.15) is 0 Å². The van der Waals surface area contributed by atoms with Crippen molar-refractivity contribution < 1.29 is 28.6 Å². The molecule has 2 aliphatic heterocycles. The number of phenols is 1. The molecular formula is C42H50INO6Si. The molecule has 7 nitrogen and oxygen atoms in total. The molecule has 4 atom stereocenters. The Labute approximate surface area is 317 Å². The van der Waals surface area contributed by atoms with E-state index in [1.54, 1.807) is 7.11 Å². The molecule has 0 saturated carbocycles. The SMILES string of the molecule is CCCN1C(=O)[C@@H]2[C@@H](CC(CO[Si](c3ccccc3)(c3ccccc3)C(C)(C)C)=C3[C@@H](CC/C(C)=C/c4cc(I)c(O)c(OC)c4)OC[C@@H]32)C1=O. The van der Waals surface area contributed by atoms with Crippen LogP contribution in [-0.4, -0.2) is 63.1 Å². The summed E-state index contributed by atoms with van der Waals surface area (Å²) in [6, 6.07) is 25.1. The van der Waals surface area contributed by atoms with E-state index < -0.39 is 8.32 Å². The minimum atomic E-state index is -2.86. The first-order valence-corrected chi connectivity index (χ1v) is 21.1.